The maximum absolute atomic E-state index is 11.6. The van der Waals surface area contributed by atoms with E-state index in [0.29, 0.717) is 24.5 Å². The predicted molar refractivity (Wildman–Crippen MR) is 76.3 cm³/mol. The molecule has 2 N–H and O–H groups in total. The van der Waals surface area contributed by atoms with Gasteiger partial charge in [0.1, 0.15) is 5.54 Å². The smallest absolute Gasteiger partial charge is 0.323 e. The summed E-state index contributed by atoms with van der Waals surface area (Å²) in [5, 5.41) is 12.9. The standard InChI is InChI=1S/C15H28N2O2/c1-4-13-6-5-9-17(13)11(2)10-15(3,14(18)19)16-12-7-8-12/h11-13,16H,4-10H2,1-3H3,(H,18,19). The predicted octanol–water partition coefficient (Wildman–Crippen LogP) is 2.23. The number of carboxylic acid groups (broad SMARTS) is 1. The van der Waals surface area contributed by atoms with Crippen LogP contribution in [-0.4, -0.2) is 46.2 Å². The molecular weight excluding hydrogens is 240 g/mol. The SMILES string of the molecule is CCC1CCCN1C(C)CC(C)(NC1CC1)C(=O)O. The molecule has 0 aromatic heterocycles. The van der Waals surface area contributed by atoms with Crippen molar-refractivity contribution in [3.63, 3.8) is 0 Å². The van der Waals surface area contributed by atoms with Crippen molar-refractivity contribution in [2.45, 2.75) is 83.0 Å². The van der Waals surface area contributed by atoms with Gasteiger partial charge in [0, 0.05) is 18.1 Å². The molecule has 0 aromatic rings. The molecule has 4 heteroatoms. The van der Waals surface area contributed by atoms with E-state index in [1.165, 1.54) is 19.3 Å². The van der Waals surface area contributed by atoms with Crippen molar-refractivity contribution in [2.75, 3.05) is 6.54 Å². The summed E-state index contributed by atoms with van der Waals surface area (Å²) in [6.07, 6.45) is 6.62. The van der Waals surface area contributed by atoms with E-state index in [1.54, 1.807) is 0 Å². The lowest BCUT2D eigenvalue weighted by Gasteiger charge is -2.36. The van der Waals surface area contributed by atoms with E-state index >= 15 is 0 Å². The van der Waals surface area contributed by atoms with Crippen molar-refractivity contribution in [1.82, 2.24) is 10.2 Å². The first-order chi connectivity index (χ1) is 8.96. The molecule has 0 bridgehead atoms. The number of rotatable bonds is 7. The molecule has 1 aliphatic heterocycles. The van der Waals surface area contributed by atoms with Gasteiger partial charge in [0.2, 0.25) is 0 Å². The Bertz CT molecular complexity index is 330. The zero-order valence-corrected chi connectivity index (χ0v) is 12.5. The van der Waals surface area contributed by atoms with Crippen LogP contribution in [0.1, 0.15) is 59.3 Å². The summed E-state index contributed by atoms with van der Waals surface area (Å²) in [5.74, 6) is -0.710. The third-order valence-electron chi connectivity index (χ3n) is 4.74. The summed E-state index contributed by atoms with van der Waals surface area (Å²) in [6, 6.07) is 1.41. The highest BCUT2D eigenvalue weighted by atomic mass is 16.4. The van der Waals surface area contributed by atoms with Gasteiger partial charge in [0.15, 0.2) is 0 Å². The van der Waals surface area contributed by atoms with Gasteiger partial charge in [-0.1, -0.05) is 6.92 Å². The van der Waals surface area contributed by atoms with Crippen LogP contribution < -0.4 is 5.32 Å². The van der Waals surface area contributed by atoms with Crippen LogP contribution in [0.2, 0.25) is 0 Å². The first-order valence-electron chi connectivity index (χ1n) is 7.73. The summed E-state index contributed by atoms with van der Waals surface area (Å²) >= 11 is 0. The number of carboxylic acids is 1. The summed E-state index contributed by atoms with van der Waals surface area (Å²) in [6.45, 7) is 7.39. The Labute approximate surface area is 116 Å². The quantitative estimate of drug-likeness (QED) is 0.743. The monoisotopic (exact) mass is 268 g/mol. The van der Waals surface area contributed by atoms with E-state index in [1.807, 2.05) is 6.92 Å². The molecule has 1 aliphatic carbocycles. The van der Waals surface area contributed by atoms with Crippen LogP contribution in [0, 0.1) is 0 Å². The number of hydrogen-bond donors (Lipinski definition) is 2. The molecule has 2 rings (SSSR count). The summed E-state index contributed by atoms with van der Waals surface area (Å²) < 4.78 is 0. The zero-order chi connectivity index (χ0) is 14.0. The molecule has 0 aromatic carbocycles. The van der Waals surface area contributed by atoms with Crippen LogP contribution in [0.25, 0.3) is 0 Å². The lowest BCUT2D eigenvalue weighted by Crippen LogP contribution is -2.54. The normalized spacial score (nSPS) is 29.1. The van der Waals surface area contributed by atoms with Crippen molar-refractivity contribution in [3.05, 3.63) is 0 Å². The van der Waals surface area contributed by atoms with Crippen LogP contribution in [0.5, 0.6) is 0 Å². The van der Waals surface area contributed by atoms with Gasteiger partial charge in [-0.15, -0.1) is 0 Å². The number of nitrogens with zero attached hydrogens (tertiary/aromatic N) is 1. The minimum atomic E-state index is -0.776. The van der Waals surface area contributed by atoms with Crippen LogP contribution in [-0.2, 0) is 4.79 Å². The Hall–Kier alpha value is -0.610. The largest absolute Gasteiger partial charge is 0.480 e. The minimum absolute atomic E-state index is 0.333. The molecule has 1 saturated carbocycles. The van der Waals surface area contributed by atoms with E-state index < -0.39 is 11.5 Å². The van der Waals surface area contributed by atoms with Crippen molar-refractivity contribution in [3.8, 4) is 0 Å². The Morgan fingerprint density at radius 1 is 1.47 bits per heavy atom. The Morgan fingerprint density at radius 3 is 2.68 bits per heavy atom. The molecule has 0 radical (unpaired) electrons. The van der Waals surface area contributed by atoms with E-state index in [-0.39, 0.29) is 0 Å². The Balaban J connectivity index is 1.97. The first-order valence-corrected chi connectivity index (χ1v) is 7.73. The van der Waals surface area contributed by atoms with Gasteiger partial charge in [0.25, 0.3) is 0 Å². The fourth-order valence-electron chi connectivity index (χ4n) is 3.47. The van der Waals surface area contributed by atoms with Gasteiger partial charge >= 0.3 is 5.97 Å². The van der Waals surface area contributed by atoms with Gasteiger partial charge in [-0.05, 0) is 58.9 Å². The van der Waals surface area contributed by atoms with E-state index in [2.05, 4.69) is 24.1 Å². The molecule has 110 valence electrons. The first kappa shape index (κ1) is 14.8. The molecule has 4 nitrogen and oxygen atoms in total. The molecule has 1 saturated heterocycles. The molecule has 3 unspecified atom stereocenters. The molecule has 2 fully saturated rings. The van der Waals surface area contributed by atoms with Gasteiger partial charge in [-0.3, -0.25) is 15.0 Å². The zero-order valence-electron chi connectivity index (χ0n) is 12.5. The van der Waals surface area contributed by atoms with Crippen molar-refractivity contribution in [2.24, 2.45) is 0 Å². The highest BCUT2D eigenvalue weighted by Crippen LogP contribution is 2.29. The Morgan fingerprint density at radius 2 is 2.16 bits per heavy atom. The molecule has 19 heavy (non-hydrogen) atoms. The molecule has 1 heterocycles. The Kier molecular flexibility index (Phi) is 4.51. The van der Waals surface area contributed by atoms with Gasteiger partial charge in [-0.25, -0.2) is 0 Å². The summed E-state index contributed by atoms with van der Waals surface area (Å²) in [7, 11) is 0. The van der Waals surface area contributed by atoms with E-state index in [4.69, 9.17) is 0 Å². The van der Waals surface area contributed by atoms with Crippen LogP contribution >= 0.6 is 0 Å². The summed E-state index contributed by atoms with van der Waals surface area (Å²) in [4.78, 5) is 14.1. The van der Waals surface area contributed by atoms with Crippen molar-refractivity contribution >= 4 is 5.97 Å². The fraction of sp³-hybridized carbons (Fsp3) is 0.933. The molecular formula is C15H28N2O2. The summed E-state index contributed by atoms with van der Waals surface area (Å²) in [5.41, 5.74) is -0.776. The maximum atomic E-state index is 11.6. The number of carbonyl (C=O) groups is 1. The number of hydrogen-bond acceptors (Lipinski definition) is 3. The third-order valence-corrected chi connectivity index (χ3v) is 4.74. The van der Waals surface area contributed by atoms with Crippen LogP contribution in [0.15, 0.2) is 0 Å². The maximum Gasteiger partial charge on any atom is 0.323 e. The lowest BCUT2D eigenvalue weighted by atomic mass is 9.92. The molecule has 0 spiro atoms. The number of aliphatic carboxylic acids is 1. The minimum Gasteiger partial charge on any atom is -0.480 e. The molecule has 3 atom stereocenters. The third kappa shape index (κ3) is 3.48. The van der Waals surface area contributed by atoms with Gasteiger partial charge < -0.3 is 5.11 Å². The molecule has 0 amide bonds. The van der Waals surface area contributed by atoms with Crippen molar-refractivity contribution < 1.29 is 9.90 Å². The fourth-order valence-corrected chi connectivity index (χ4v) is 3.47. The highest BCUT2D eigenvalue weighted by molar-refractivity contribution is 5.78. The van der Waals surface area contributed by atoms with Crippen LogP contribution in [0.3, 0.4) is 0 Å². The lowest BCUT2D eigenvalue weighted by molar-refractivity contribution is -0.145. The molecule has 2 aliphatic rings. The van der Waals surface area contributed by atoms with E-state index in [9.17, 15) is 9.90 Å². The average Bonchev–Trinajstić information content (AvgIpc) is 3.02. The number of likely N-dealkylation sites (tertiary alicyclic amines) is 1. The second-order valence-electron chi connectivity index (χ2n) is 6.55. The van der Waals surface area contributed by atoms with Gasteiger partial charge in [-0.2, -0.15) is 0 Å². The second-order valence-corrected chi connectivity index (χ2v) is 6.55. The van der Waals surface area contributed by atoms with Crippen LogP contribution in [0.4, 0.5) is 0 Å². The second kappa shape index (κ2) is 5.80. The van der Waals surface area contributed by atoms with E-state index in [0.717, 1.165) is 19.4 Å². The number of nitrogens with one attached hydrogen (secondary N) is 1. The highest BCUT2D eigenvalue weighted by Gasteiger charge is 2.41. The topological polar surface area (TPSA) is 52.6 Å². The van der Waals surface area contributed by atoms with Crippen molar-refractivity contribution in [1.29, 1.82) is 0 Å². The van der Waals surface area contributed by atoms with Gasteiger partial charge in [0.05, 0.1) is 0 Å². The average molecular weight is 268 g/mol.